The Hall–Kier alpha value is -2.49. The molecule has 3 N–H and O–H groups in total. The van der Waals surface area contributed by atoms with Gasteiger partial charge in [0.15, 0.2) is 0 Å². The molecule has 0 saturated carbocycles. The Bertz CT molecular complexity index is 917. The van der Waals surface area contributed by atoms with E-state index in [2.05, 4.69) is 5.32 Å². The topological polar surface area (TPSA) is 104 Å². The average molecular weight is 386 g/mol. The van der Waals surface area contributed by atoms with E-state index in [0.29, 0.717) is 5.69 Å². The molecule has 10 heteroatoms. The van der Waals surface area contributed by atoms with Gasteiger partial charge >= 0.3 is 11.8 Å². The van der Waals surface area contributed by atoms with Gasteiger partial charge < -0.3 is 5.32 Å². The van der Waals surface area contributed by atoms with Crippen LogP contribution in [0.1, 0.15) is 5.56 Å². The maximum Gasteiger partial charge on any atom is 0.324 e. The third kappa shape index (κ3) is 4.99. The van der Waals surface area contributed by atoms with Crippen LogP contribution in [0, 0.1) is 12.7 Å². The van der Waals surface area contributed by atoms with Gasteiger partial charge in [0.25, 0.3) is 10.0 Å². The van der Waals surface area contributed by atoms with Gasteiger partial charge in [-0.2, -0.15) is 0 Å². The lowest BCUT2D eigenvalue weighted by atomic mass is 10.2. The maximum absolute atomic E-state index is 13.1. The number of anilines is 1. The number of nitrogens with one attached hydrogen (secondary N) is 3. The second-order valence-electron chi connectivity index (χ2n) is 4.96. The highest BCUT2D eigenvalue weighted by atomic mass is 35.5. The van der Waals surface area contributed by atoms with Gasteiger partial charge in [0.1, 0.15) is 5.82 Å². The summed E-state index contributed by atoms with van der Waals surface area (Å²) in [6.07, 6.45) is 0. The van der Waals surface area contributed by atoms with Gasteiger partial charge in [0.2, 0.25) is 0 Å². The van der Waals surface area contributed by atoms with E-state index in [-0.39, 0.29) is 4.90 Å². The zero-order valence-electron chi connectivity index (χ0n) is 12.8. The molecule has 2 aromatic carbocycles. The molecule has 0 saturated heterocycles. The molecule has 0 aromatic heterocycles. The van der Waals surface area contributed by atoms with Crippen molar-refractivity contribution in [2.45, 2.75) is 11.8 Å². The van der Waals surface area contributed by atoms with Crippen molar-refractivity contribution >= 4 is 39.1 Å². The lowest BCUT2D eigenvalue weighted by Gasteiger charge is -2.09. The van der Waals surface area contributed by atoms with Gasteiger partial charge in [0, 0.05) is 5.69 Å². The van der Waals surface area contributed by atoms with Crippen LogP contribution in [0.4, 0.5) is 10.1 Å². The third-order valence-corrected chi connectivity index (χ3v) is 4.55. The van der Waals surface area contributed by atoms with Crippen LogP contribution < -0.4 is 15.6 Å². The monoisotopic (exact) mass is 385 g/mol. The summed E-state index contributed by atoms with van der Waals surface area (Å²) in [5, 5.41) is 1.91. The molecule has 7 nitrogen and oxygen atoms in total. The zero-order chi connectivity index (χ0) is 18.6. The van der Waals surface area contributed by atoms with E-state index >= 15 is 0 Å². The highest BCUT2D eigenvalue weighted by Gasteiger charge is 2.20. The summed E-state index contributed by atoms with van der Waals surface area (Å²) in [7, 11) is -4.22. The van der Waals surface area contributed by atoms with Gasteiger partial charge in [0.05, 0.1) is 9.92 Å². The molecule has 0 heterocycles. The number of carbonyl (C=O) groups is 2. The Labute approximate surface area is 148 Å². The van der Waals surface area contributed by atoms with Crippen molar-refractivity contribution in [3.63, 3.8) is 0 Å². The number of hydrogen-bond acceptors (Lipinski definition) is 4. The molecule has 0 aliphatic carbocycles. The summed E-state index contributed by atoms with van der Waals surface area (Å²) >= 11 is 5.52. The number of aryl methyl sites for hydroxylation is 1. The van der Waals surface area contributed by atoms with Crippen LogP contribution >= 0.6 is 11.6 Å². The molecule has 0 atom stereocenters. The number of sulfonamides is 1. The van der Waals surface area contributed by atoms with E-state index in [0.717, 1.165) is 23.8 Å². The normalized spacial score (nSPS) is 11.0. The molecular weight excluding hydrogens is 373 g/mol. The first kappa shape index (κ1) is 18.8. The first-order chi connectivity index (χ1) is 11.7. The summed E-state index contributed by atoms with van der Waals surface area (Å²) in [4.78, 5) is 24.7. The fraction of sp³-hybridized carbons (Fsp3) is 0.0667. The van der Waals surface area contributed by atoms with E-state index in [1.807, 2.05) is 6.92 Å². The number of rotatable bonds is 4. The number of carbonyl (C=O) groups excluding carboxylic acids is 2. The Kier molecular flexibility index (Phi) is 5.73. The fourth-order valence-corrected chi connectivity index (χ4v) is 2.81. The van der Waals surface area contributed by atoms with Crippen LogP contribution in [0.3, 0.4) is 0 Å². The van der Waals surface area contributed by atoms with Crippen LogP contribution in [0.25, 0.3) is 0 Å². The van der Waals surface area contributed by atoms with Crippen molar-refractivity contribution in [3.8, 4) is 0 Å². The minimum atomic E-state index is -4.22. The van der Waals surface area contributed by atoms with E-state index in [4.69, 9.17) is 11.6 Å². The average Bonchev–Trinajstić information content (AvgIpc) is 2.57. The molecule has 2 rings (SSSR count). The van der Waals surface area contributed by atoms with Crippen molar-refractivity contribution in [3.05, 3.63) is 58.9 Å². The molecule has 132 valence electrons. The van der Waals surface area contributed by atoms with Crippen molar-refractivity contribution in [2.24, 2.45) is 0 Å². The number of hydrogen-bond donors (Lipinski definition) is 3. The summed E-state index contributed by atoms with van der Waals surface area (Å²) in [5.74, 6) is -3.08. The quantitative estimate of drug-likeness (QED) is 0.550. The largest absolute Gasteiger partial charge is 0.324 e. The van der Waals surface area contributed by atoms with Crippen molar-refractivity contribution in [2.75, 3.05) is 5.32 Å². The van der Waals surface area contributed by atoms with Gasteiger partial charge in [-0.1, -0.05) is 29.3 Å². The molecular formula is C15H13ClFN3O4S. The van der Waals surface area contributed by atoms with Crippen LogP contribution in [-0.2, 0) is 19.6 Å². The molecule has 0 aliphatic rings. The highest BCUT2D eigenvalue weighted by Crippen LogP contribution is 2.18. The SMILES string of the molecule is Cc1ccc(NC(=O)C(=O)NNS(=O)(=O)c2ccc(F)c(Cl)c2)cc1. The third-order valence-electron chi connectivity index (χ3n) is 3.02. The van der Waals surface area contributed by atoms with Crippen molar-refractivity contribution < 1.29 is 22.4 Å². The number of amides is 2. The summed E-state index contributed by atoms with van der Waals surface area (Å²) in [5.41, 5.74) is 3.10. The minimum absolute atomic E-state index is 0.374. The highest BCUT2D eigenvalue weighted by molar-refractivity contribution is 7.89. The number of halogens is 2. The fourth-order valence-electron chi connectivity index (χ4n) is 1.70. The van der Waals surface area contributed by atoms with Crippen molar-refractivity contribution in [1.29, 1.82) is 0 Å². The summed E-state index contributed by atoms with van der Waals surface area (Å²) in [6, 6.07) is 9.34. The molecule has 0 spiro atoms. The number of hydrazine groups is 1. The minimum Gasteiger partial charge on any atom is -0.318 e. The first-order valence-corrected chi connectivity index (χ1v) is 8.70. The zero-order valence-corrected chi connectivity index (χ0v) is 14.4. The first-order valence-electron chi connectivity index (χ1n) is 6.84. The standard InChI is InChI=1S/C15H13ClFN3O4S/c1-9-2-4-10(5-3-9)18-14(21)15(22)19-20-25(23,24)11-6-7-13(17)12(16)8-11/h2-8,20H,1H3,(H,18,21)(H,19,22). The number of benzene rings is 2. The van der Waals surface area contributed by atoms with E-state index in [1.54, 1.807) is 34.5 Å². The predicted molar refractivity (Wildman–Crippen MR) is 89.7 cm³/mol. The Morgan fingerprint density at radius 1 is 1.04 bits per heavy atom. The molecule has 2 amide bonds. The van der Waals surface area contributed by atoms with Gasteiger partial charge in [-0.05, 0) is 37.3 Å². The van der Waals surface area contributed by atoms with Gasteiger partial charge in [-0.3, -0.25) is 15.0 Å². The second kappa shape index (κ2) is 7.60. The van der Waals surface area contributed by atoms with Crippen LogP contribution in [0.15, 0.2) is 47.4 Å². The smallest absolute Gasteiger partial charge is 0.318 e. The molecule has 0 bridgehead atoms. The lowest BCUT2D eigenvalue weighted by molar-refractivity contribution is -0.136. The molecule has 0 fully saturated rings. The Morgan fingerprint density at radius 3 is 2.28 bits per heavy atom. The molecule has 2 aromatic rings. The summed E-state index contributed by atoms with van der Waals surface area (Å²) in [6.45, 7) is 1.86. The molecule has 0 radical (unpaired) electrons. The van der Waals surface area contributed by atoms with Crippen molar-refractivity contribution in [1.82, 2.24) is 10.3 Å². The molecule has 0 aliphatic heterocycles. The Balaban J connectivity index is 1.99. The predicted octanol–water partition coefficient (Wildman–Crippen LogP) is 1.74. The van der Waals surface area contributed by atoms with Gasteiger partial charge in [-0.15, -0.1) is 4.83 Å². The van der Waals surface area contributed by atoms with Crippen LogP contribution in [0.2, 0.25) is 5.02 Å². The second-order valence-corrected chi connectivity index (χ2v) is 7.05. The Morgan fingerprint density at radius 2 is 1.68 bits per heavy atom. The van der Waals surface area contributed by atoms with Crippen LogP contribution in [0.5, 0.6) is 0 Å². The maximum atomic E-state index is 13.1. The van der Waals surface area contributed by atoms with Gasteiger partial charge in [-0.25, -0.2) is 12.8 Å². The molecule has 25 heavy (non-hydrogen) atoms. The lowest BCUT2D eigenvalue weighted by Crippen LogP contribution is -2.46. The summed E-state index contributed by atoms with van der Waals surface area (Å²) < 4.78 is 37.0. The van der Waals surface area contributed by atoms with E-state index in [9.17, 15) is 22.4 Å². The van der Waals surface area contributed by atoms with Crippen LogP contribution in [-0.4, -0.2) is 20.2 Å². The van der Waals surface area contributed by atoms with E-state index < -0.39 is 32.7 Å². The molecule has 0 unspecified atom stereocenters. The van der Waals surface area contributed by atoms with E-state index in [1.165, 1.54) is 0 Å².